The minimum atomic E-state index is 0.158. The van der Waals surface area contributed by atoms with Gasteiger partial charge in [-0.25, -0.2) is 0 Å². The van der Waals surface area contributed by atoms with Crippen molar-refractivity contribution in [1.82, 2.24) is 20.4 Å². The van der Waals surface area contributed by atoms with E-state index < -0.39 is 0 Å². The molecule has 0 saturated carbocycles. The van der Waals surface area contributed by atoms with Gasteiger partial charge in [0, 0.05) is 12.7 Å². The first-order valence-corrected chi connectivity index (χ1v) is 9.19. The maximum atomic E-state index is 4.70. The molecule has 136 valence electrons. The van der Waals surface area contributed by atoms with Crippen LogP contribution >= 0.6 is 0 Å². The lowest BCUT2D eigenvalue weighted by Gasteiger charge is -2.19. The average molecular weight is 349 g/mol. The molecule has 1 aromatic heterocycles. The summed E-state index contributed by atoms with van der Waals surface area (Å²) in [5, 5.41) is 13.7. The highest BCUT2D eigenvalue weighted by Crippen LogP contribution is 2.23. The number of hydrogen-bond donors (Lipinski definition) is 2. The third-order valence-corrected chi connectivity index (χ3v) is 4.35. The normalized spacial score (nSPS) is 13.0. The first-order chi connectivity index (χ1) is 12.7. The predicted octanol–water partition coefficient (Wildman–Crippen LogP) is 3.66. The molecule has 0 spiro atoms. The number of fused-ring (bicyclic) bond motifs is 1. The molecule has 0 fully saturated rings. The Morgan fingerprint density at radius 1 is 1.19 bits per heavy atom. The zero-order chi connectivity index (χ0) is 18.4. The van der Waals surface area contributed by atoms with E-state index in [0.29, 0.717) is 6.54 Å². The molecule has 26 heavy (non-hydrogen) atoms. The second kappa shape index (κ2) is 8.52. The number of aryl methyl sites for hydroxylation is 1. The van der Waals surface area contributed by atoms with Crippen LogP contribution < -0.4 is 10.6 Å². The molecular formula is C21H27N5. The maximum absolute atomic E-state index is 4.70. The van der Waals surface area contributed by atoms with Gasteiger partial charge in [0.05, 0.1) is 25.3 Å². The van der Waals surface area contributed by atoms with Gasteiger partial charge >= 0.3 is 0 Å². The van der Waals surface area contributed by atoms with Gasteiger partial charge in [-0.1, -0.05) is 42.5 Å². The molecule has 3 rings (SSSR count). The van der Waals surface area contributed by atoms with Crippen LogP contribution in [-0.4, -0.2) is 28.8 Å². The Hall–Kier alpha value is -2.82. The Balaban J connectivity index is 1.70. The predicted molar refractivity (Wildman–Crippen MR) is 108 cm³/mol. The summed E-state index contributed by atoms with van der Waals surface area (Å²) < 4.78 is 1.93. The van der Waals surface area contributed by atoms with Gasteiger partial charge in [-0.15, -0.1) is 0 Å². The van der Waals surface area contributed by atoms with E-state index in [1.807, 2.05) is 24.0 Å². The summed E-state index contributed by atoms with van der Waals surface area (Å²) >= 11 is 0. The number of hydrogen-bond acceptors (Lipinski definition) is 2. The molecule has 0 saturated heterocycles. The molecule has 1 atom stereocenters. The second-order valence-corrected chi connectivity index (χ2v) is 6.48. The van der Waals surface area contributed by atoms with Crippen LogP contribution in [0.5, 0.6) is 0 Å². The van der Waals surface area contributed by atoms with Gasteiger partial charge in [0.25, 0.3) is 0 Å². The number of nitrogens with zero attached hydrogens (tertiary/aromatic N) is 3. The number of guanidine groups is 1. The van der Waals surface area contributed by atoms with Gasteiger partial charge in [-0.2, -0.15) is 5.10 Å². The van der Waals surface area contributed by atoms with Crippen LogP contribution in [0.3, 0.4) is 0 Å². The van der Waals surface area contributed by atoms with E-state index in [-0.39, 0.29) is 6.04 Å². The minimum absolute atomic E-state index is 0.158. The van der Waals surface area contributed by atoms with Gasteiger partial charge in [0.1, 0.15) is 0 Å². The van der Waals surface area contributed by atoms with E-state index in [0.717, 1.165) is 19.0 Å². The number of benzene rings is 2. The van der Waals surface area contributed by atoms with Gasteiger partial charge in [0.2, 0.25) is 0 Å². The molecule has 0 amide bonds. The molecule has 0 aliphatic heterocycles. The molecule has 2 aromatic carbocycles. The number of aromatic nitrogens is 2. The van der Waals surface area contributed by atoms with E-state index in [1.165, 1.54) is 21.9 Å². The molecule has 0 aliphatic rings. The van der Waals surface area contributed by atoms with Crippen LogP contribution in [-0.2, 0) is 6.54 Å². The van der Waals surface area contributed by atoms with E-state index in [4.69, 9.17) is 4.99 Å². The van der Waals surface area contributed by atoms with Crippen molar-refractivity contribution in [2.45, 2.75) is 33.4 Å². The van der Waals surface area contributed by atoms with Crippen molar-refractivity contribution in [2.24, 2.45) is 4.99 Å². The Morgan fingerprint density at radius 3 is 2.77 bits per heavy atom. The quantitative estimate of drug-likeness (QED) is 0.527. The fourth-order valence-electron chi connectivity index (χ4n) is 3.08. The third kappa shape index (κ3) is 4.42. The summed E-state index contributed by atoms with van der Waals surface area (Å²) in [6.07, 6.45) is 3.91. The Bertz CT molecular complexity index is 875. The van der Waals surface area contributed by atoms with E-state index in [9.17, 15) is 0 Å². The summed E-state index contributed by atoms with van der Waals surface area (Å²) in [6.45, 7) is 8.58. The topological polar surface area (TPSA) is 54.2 Å². The zero-order valence-corrected chi connectivity index (χ0v) is 15.7. The third-order valence-electron chi connectivity index (χ3n) is 4.35. The molecule has 5 heteroatoms. The number of nitrogens with one attached hydrogen (secondary N) is 2. The summed E-state index contributed by atoms with van der Waals surface area (Å²) in [4.78, 5) is 4.70. The summed E-state index contributed by atoms with van der Waals surface area (Å²) in [5.74, 6) is 0.830. The van der Waals surface area contributed by atoms with Crippen molar-refractivity contribution in [1.29, 1.82) is 0 Å². The number of rotatable bonds is 6. The Morgan fingerprint density at radius 2 is 2.00 bits per heavy atom. The molecule has 0 aliphatic carbocycles. The van der Waals surface area contributed by atoms with Crippen molar-refractivity contribution in [3.63, 3.8) is 0 Å². The SMILES string of the molecule is CCNC(=NCCn1cc(C)cn1)NC(C)c1cccc2ccccc12. The largest absolute Gasteiger partial charge is 0.357 e. The maximum Gasteiger partial charge on any atom is 0.191 e. The van der Waals surface area contributed by atoms with Crippen LogP contribution in [0.1, 0.15) is 31.0 Å². The lowest BCUT2D eigenvalue weighted by molar-refractivity contribution is 0.617. The first kappa shape index (κ1) is 18.0. The Kier molecular flexibility index (Phi) is 5.89. The molecule has 0 radical (unpaired) electrons. The monoisotopic (exact) mass is 349 g/mol. The van der Waals surface area contributed by atoms with Gasteiger partial charge in [0.15, 0.2) is 5.96 Å². The molecule has 1 unspecified atom stereocenters. The van der Waals surface area contributed by atoms with Crippen LogP contribution in [0.2, 0.25) is 0 Å². The van der Waals surface area contributed by atoms with Crippen molar-refractivity contribution >= 4 is 16.7 Å². The smallest absolute Gasteiger partial charge is 0.191 e. The highest BCUT2D eigenvalue weighted by Gasteiger charge is 2.10. The molecular weight excluding hydrogens is 322 g/mol. The van der Waals surface area contributed by atoms with Crippen molar-refractivity contribution in [3.05, 3.63) is 66.0 Å². The van der Waals surface area contributed by atoms with Gasteiger partial charge in [-0.3, -0.25) is 9.67 Å². The Labute approximate surface area is 155 Å². The molecule has 5 nitrogen and oxygen atoms in total. The lowest BCUT2D eigenvalue weighted by Crippen LogP contribution is -2.39. The minimum Gasteiger partial charge on any atom is -0.357 e. The lowest BCUT2D eigenvalue weighted by atomic mass is 10.00. The molecule has 1 heterocycles. The summed E-state index contributed by atoms with van der Waals surface area (Å²) in [6, 6.07) is 15.1. The van der Waals surface area contributed by atoms with Gasteiger partial charge < -0.3 is 10.6 Å². The fraction of sp³-hybridized carbons (Fsp3) is 0.333. The highest BCUT2D eigenvalue weighted by atomic mass is 15.3. The van der Waals surface area contributed by atoms with E-state index in [1.54, 1.807) is 0 Å². The molecule has 0 bridgehead atoms. The van der Waals surface area contributed by atoms with Crippen LogP contribution in [0.25, 0.3) is 10.8 Å². The van der Waals surface area contributed by atoms with Crippen LogP contribution in [0.15, 0.2) is 59.9 Å². The number of aliphatic imine (C=N–C) groups is 1. The van der Waals surface area contributed by atoms with E-state index in [2.05, 4.69) is 72.0 Å². The van der Waals surface area contributed by atoms with Crippen LogP contribution in [0, 0.1) is 6.92 Å². The zero-order valence-electron chi connectivity index (χ0n) is 15.7. The fourth-order valence-corrected chi connectivity index (χ4v) is 3.08. The highest BCUT2D eigenvalue weighted by molar-refractivity contribution is 5.87. The molecule has 3 aromatic rings. The van der Waals surface area contributed by atoms with Gasteiger partial charge in [-0.05, 0) is 42.7 Å². The van der Waals surface area contributed by atoms with Crippen LogP contribution in [0.4, 0.5) is 0 Å². The van der Waals surface area contributed by atoms with Crippen molar-refractivity contribution in [3.8, 4) is 0 Å². The van der Waals surface area contributed by atoms with Crippen molar-refractivity contribution in [2.75, 3.05) is 13.1 Å². The molecule has 2 N–H and O–H groups in total. The van der Waals surface area contributed by atoms with Crippen molar-refractivity contribution < 1.29 is 0 Å². The summed E-state index contributed by atoms with van der Waals surface area (Å²) in [7, 11) is 0. The average Bonchev–Trinajstić information content (AvgIpc) is 3.06. The van der Waals surface area contributed by atoms with E-state index >= 15 is 0 Å². The summed E-state index contributed by atoms with van der Waals surface area (Å²) in [5.41, 5.74) is 2.44. The standard InChI is InChI=1S/C21H27N5/c1-4-22-21(23-12-13-26-15-16(2)14-24-26)25-17(3)19-11-7-9-18-8-5-6-10-20(18)19/h5-11,14-15,17H,4,12-13H2,1-3H3,(H2,22,23,25). The second-order valence-electron chi connectivity index (χ2n) is 6.48. The first-order valence-electron chi connectivity index (χ1n) is 9.19.